The first-order valence-corrected chi connectivity index (χ1v) is 12.2. The fourth-order valence-corrected chi connectivity index (χ4v) is 5.62. The molecule has 3 fully saturated rings. The molecule has 184 valence electrons. The normalized spacial score (nSPS) is 25.9. The first-order valence-electron chi connectivity index (χ1n) is 12.2. The highest BCUT2D eigenvalue weighted by molar-refractivity contribution is 6.01. The molecule has 4 atom stereocenters. The van der Waals surface area contributed by atoms with Crippen molar-refractivity contribution in [3.05, 3.63) is 30.0 Å². The van der Waals surface area contributed by atoms with Crippen LogP contribution in [0, 0.1) is 23.2 Å². The van der Waals surface area contributed by atoms with Crippen LogP contribution in [0.5, 0.6) is 5.75 Å². The second kappa shape index (κ2) is 8.99. The lowest BCUT2D eigenvalue weighted by Gasteiger charge is -2.25. The third-order valence-electron chi connectivity index (χ3n) is 7.82. The minimum atomic E-state index is -1.35. The molecule has 2 saturated carbocycles. The van der Waals surface area contributed by atoms with Crippen molar-refractivity contribution in [3.8, 4) is 11.8 Å². The summed E-state index contributed by atoms with van der Waals surface area (Å²) in [7, 11) is 1.55. The van der Waals surface area contributed by atoms with E-state index in [4.69, 9.17) is 4.74 Å². The molecular formula is C26H29FN4O4. The Labute approximate surface area is 202 Å². The van der Waals surface area contributed by atoms with Gasteiger partial charge in [0.15, 0.2) is 0 Å². The fraction of sp³-hybridized carbons (Fsp3) is 0.538. The molecule has 3 aliphatic rings. The van der Waals surface area contributed by atoms with E-state index in [-0.39, 0.29) is 31.1 Å². The van der Waals surface area contributed by atoms with Crippen LogP contribution in [0.25, 0.3) is 10.9 Å². The summed E-state index contributed by atoms with van der Waals surface area (Å²) >= 11 is 0. The fourth-order valence-electron chi connectivity index (χ4n) is 5.62. The summed E-state index contributed by atoms with van der Waals surface area (Å²) < 4.78 is 20.4. The van der Waals surface area contributed by atoms with Gasteiger partial charge in [0.2, 0.25) is 5.91 Å². The van der Waals surface area contributed by atoms with E-state index in [1.807, 2.05) is 12.1 Å². The molecule has 4 unspecified atom stereocenters. The van der Waals surface area contributed by atoms with Crippen LogP contribution in [0.15, 0.2) is 24.3 Å². The lowest BCUT2D eigenvalue weighted by atomic mass is 9.96. The number of rotatable bonds is 7. The number of benzene rings is 1. The number of hydrogen-bond donors (Lipinski definition) is 2. The van der Waals surface area contributed by atoms with Gasteiger partial charge in [-0.05, 0) is 56.7 Å². The van der Waals surface area contributed by atoms with Crippen LogP contribution in [0.3, 0.4) is 0 Å². The van der Waals surface area contributed by atoms with Crippen molar-refractivity contribution < 1.29 is 23.5 Å². The van der Waals surface area contributed by atoms with Crippen LogP contribution < -0.4 is 10.1 Å². The monoisotopic (exact) mass is 480 g/mol. The quantitative estimate of drug-likeness (QED) is 0.631. The predicted octanol–water partition coefficient (Wildman–Crippen LogP) is 3.28. The lowest BCUT2D eigenvalue weighted by Crippen LogP contribution is -2.49. The number of Topliss-reactive ketones (excluding diaryl/α,β-unsaturated/α-hetero) is 1. The van der Waals surface area contributed by atoms with Gasteiger partial charge in [-0.25, -0.2) is 4.39 Å². The number of halogens is 1. The number of amides is 2. The van der Waals surface area contributed by atoms with Crippen LogP contribution in [0.1, 0.15) is 55.4 Å². The Bertz CT molecular complexity index is 1210. The number of aromatic amines is 1. The number of aromatic nitrogens is 1. The van der Waals surface area contributed by atoms with E-state index < -0.39 is 35.5 Å². The Morgan fingerprint density at radius 2 is 2.20 bits per heavy atom. The summed E-state index contributed by atoms with van der Waals surface area (Å²) in [6, 6.07) is 7.49. The van der Waals surface area contributed by atoms with Crippen LogP contribution in [-0.4, -0.2) is 58.9 Å². The van der Waals surface area contributed by atoms with E-state index in [0.29, 0.717) is 30.7 Å². The van der Waals surface area contributed by atoms with E-state index >= 15 is 4.39 Å². The molecule has 9 heteroatoms. The van der Waals surface area contributed by atoms with Crippen molar-refractivity contribution in [2.24, 2.45) is 11.8 Å². The maximum Gasteiger partial charge on any atom is 0.270 e. The van der Waals surface area contributed by atoms with Crippen LogP contribution >= 0.6 is 0 Å². The largest absolute Gasteiger partial charge is 0.496 e. The maximum atomic E-state index is 15.0. The maximum absolute atomic E-state index is 15.0. The molecular weight excluding hydrogens is 451 g/mol. The summed E-state index contributed by atoms with van der Waals surface area (Å²) in [5, 5.41) is 13.1. The number of methoxy groups -OCH3 is 1. The SMILES string of the molecule is COc1cccc2[nH]c(C(=O)N3CC(C4(F)CC4)CC3C(=O)NC(C#N)CC3CCCC3=O)cc12. The number of carbonyl (C=O) groups excluding carboxylic acids is 3. The van der Waals surface area contributed by atoms with E-state index in [2.05, 4.69) is 16.4 Å². The first-order chi connectivity index (χ1) is 16.8. The highest BCUT2D eigenvalue weighted by atomic mass is 19.1. The molecule has 8 nitrogen and oxygen atoms in total. The van der Waals surface area contributed by atoms with Crippen molar-refractivity contribution in [2.45, 2.75) is 62.7 Å². The number of nitrogens with one attached hydrogen (secondary N) is 2. The number of alkyl halides is 1. The molecule has 0 radical (unpaired) electrons. The van der Waals surface area contributed by atoms with E-state index in [9.17, 15) is 19.6 Å². The predicted molar refractivity (Wildman–Crippen MR) is 125 cm³/mol. The average molecular weight is 481 g/mol. The third-order valence-corrected chi connectivity index (χ3v) is 7.82. The van der Waals surface area contributed by atoms with Crippen LogP contribution in [0.4, 0.5) is 4.39 Å². The second-order valence-electron chi connectivity index (χ2n) is 10.0. The number of fused-ring (bicyclic) bond motifs is 1. The minimum Gasteiger partial charge on any atom is -0.496 e. The van der Waals surface area contributed by atoms with Crippen LogP contribution in [0.2, 0.25) is 0 Å². The zero-order chi connectivity index (χ0) is 24.7. The second-order valence-corrected chi connectivity index (χ2v) is 10.0. The number of likely N-dealkylation sites (tertiary alicyclic amines) is 1. The molecule has 0 spiro atoms. The molecule has 5 rings (SSSR count). The van der Waals surface area contributed by atoms with Crippen molar-refractivity contribution >= 4 is 28.5 Å². The molecule has 35 heavy (non-hydrogen) atoms. The average Bonchev–Trinajstić information content (AvgIpc) is 3.23. The molecule has 1 aliphatic heterocycles. The zero-order valence-corrected chi connectivity index (χ0v) is 19.7. The van der Waals surface area contributed by atoms with E-state index in [0.717, 1.165) is 23.7 Å². The van der Waals surface area contributed by atoms with E-state index in [1.54, 1.807) is 19.2 Å². The topological polar surface area (TPSA) is 115 Å². The van der Waals surface area contributed by atoms with Gasteiger partial charge >= 0.3 is 0 Å². The summed E-state index contributed by atoms with van der Waals surface area (Å²) in [5.74, 6) is -0.788. The van der Waals surface area contributed by atoms with Gasteiger partial charge in [-0.1, -0.05) is 6.07 Å². The molecule has 0 bridgehead atoms. The van der Waals surface area contributed by atoms with E-state index in [1.165, 1.54) is 4.90 Å². The molecule has 2 aromatic rings. The third kappa shape index (κ3) is 4.38. The van der Waals surface area contributed by atoms with Gasteiger partial charge in [-0.15, -0.1) is 0 Å². The Hall–Kier alpha value is -3.41. The van der Waals surface area contributed by atoms with Crippen molar-refractivity contribution in [1.29, 1.82) is 5.26 Å². The van der Waals surface area contributed by atoms with Gasteiger partial charge in [-0.2, -0.15) is 5.26 Å². The lowest BCUT2D eigenvalue weighted by molar-refractivity contribution is -0.126. The minimum absolute atomic E-state index is 0.125. The van der Waals surface area contributed by atoms with Crippen molar-refractivity contribution in [2.75, 3.05) is 13.7 Å². The number of ether oxygens (including phenoxy) is 1. The highest BCUT2D eigenvalue weighted by Gasteiger charge is 2.56. The van der Waals surface area contributed by atoms with Gasteiger partial charge in [0, 0.05) is 35.7 Å². The van der Waals surface area contributed by atoms with Gasteiger partial charge in [0.1, 0.15) is 35.0 Å². The Balaban J connectivity index is 1.37. The van der Waals surface area contributed by atoms with Gasteiger partial charge < -0.3 is 19.9 Å². The Morgan fingerprint density at radius 1 is 1.40 bits per heavy atom. The molecule has 2 N–H and O–H groups in total. The Kier molecular flexibility index (Phi) is 5.99. The van der Waals surface area contributed by atoms with Crippen LogP contribution in [-0.2, 0) is 9.59 Å². The summed E-state index contributed by atoms with van der Waals surface area (Å²) in [6.45, 7) is 0.137. The smallest absolute Gasteiger partial charge is 0.270 e. The van der Waals surface area contributed by atoms with Gasteiger partial charge in [0.25, 0.3) is 5.91 Å². The number of hydrogen-bond acceptors (Lipinski definition) is 5. The molecule has 2 aliphatic carbocycles. The highest BCUT2D eigenvalue weighted by Crippen LogP contribution is 2.51. The zero-order valence-electron chi connectivity index (χ0n) is 19.7. The standard InChI is InChI=1S/C26H29FN4O4/c1-35-23-7-3-5-19-18(23)12-20(30-19)25(34)31-14-16(26(27)8-9-26)11-21(31)24(33)29-17(13-28)10-15-4-2-6-22(15)32/h3,5,7,12,15-17,21,30H,2,4,6,8-11,14H2,1H3,(H,29,33). The van der Waals surface area contributed by atoms with Crippen molar-refractivity contribution in [1.82, 2.24) is 15.2 Å². The summed E-state index contributed by atoms with van der Waals surface area (Å²) in [4.78, 5) is 43.4. The number of ketones is 1. The first kappa shape index (κ1) is 23.3. The number of carbonyl (C=O) groups is 3. The number of nitrogens with zero attached hydrogens (tertiary/aromatic N) is 2. The number of nitriles is 1. The van der Waals surface area contributed by atoms with Gasteiger partial charge in [0.05, 0.1) is 13.2 Å². The molecule has 1 aromatic heterocycles. The molecule has 1 saturated heterocycles. The summed E-state index contributed by atoms with van der Waals surface area (Å²) in [5.41, 5.74) is -0.332. The Morgan fingerprint density at radius 3 is 2.86 bits per heavy atom. The number of H-pyrrole nitrogens is 1. The molecule has 2 amide bonds. The van der Waals surface area contributed by atoms with Gasteiger partial charge in [-0.3, -0.25) is 14.4 Å². The molecule has 1 aromatic carbocycles. The molecule has 2 heterocycles. The summed E-state index contributed by atoms with van der Waals surface area (Å²) in [6.07, 6.45) is 3.37. The van der Waals surface area contributed by atoms with Crippen molar-refractivity contribution in [3.63, 3.8) is 0 Å².